The number of carbonyl (C=O) groups is 9. The van der Waals surface area contributed by atoms with Crippen LogP contribution in [0.4, 0.5) is 0 Å². The summed E-state index contributed by atoms with van der Waals surface area (Å²) >= 11 is 1.52. The highest BCUT2D eigenvalue weighted by Crippen LogP contribution is 2.35. The van der Waals surface area contributed by atoms with E-state index >= 15 is 0 Å². The number of hydrogen-bond acceptors (Lipinski definition) is 18. The molecule has 2 saturated carbocycles. The van der Waals surface area contributed by atoms with Crippen molar-refractivity contribution in [3.8, 4) is 0 Å². The van der Waals surface area contributed by atoms with Crippen molar-refractivity contribution in [1.82, 2.24) is 31.5 Å². The normalized spacial score (nSPS) is 20.5. The minimum Gasteiger partial charge on any atom is -0.462 e. The van der Waals surface area contributed by atoms with Crippen molar-refractivity contribution >= 4 is 64.9 Å². The fourth-order valence-electron chi connectivity index (χ4n) is 11.2. The molecule has 1 heterocycles. The number of amides is 4. The highest BCUT2D eigenvalue weighted by Gasteiger charge is 2.48. The van der Waals surface area contributed by atoms with Gasteiger partial charge < -0.3 is 60.6 Å². The second kappa shape index (κ2) is 38.7. The van der Waals surface area contributed by atoms with Crippen LogP contribution in [0.1, 0.15) is 175 Å². The van der Waals surface area contributed by atoms with Gasteiger partial charge in [0.2, 0.25) is 23.5 Å². The lowest BCUT2D eigenvalue weighted by atomic mass is 9.78. The Balaban J connectivity index is 1.38. The number of benzene rings is 1. The molecular weight excluding hydrogens is 1110 g/mol. The first-order valence-electron chi connectivity index (χ1n) is 31.1. The van der Waals surface area contributed by atoms with E-state index < -0.39 is 95.5 Å². The van der Waals surface area contributed by atoms with Gasteiger partial charge in [0.25, 0.3) is 11.7 Å². The maximum absolute atomic E-state index is 14.4. The molecular formula is C63H100N6O15S. The first-order chi connectivity index (χ1) is 40.6. The number of carbonyl (C=O) groups excluding carboxylic acids is 9. The molecule has 3 fully saturated rings. The molecule has 22 heteroatoms. The average molecular weight is 1210 g/mol. The Morgan fingerprint density at radius 1 is 0.776 bits per heavy atom. The minimum atomic E-state index is -3.00. The van der Waals surface area contributed by atoms with Crippen molar-refractivity contribution in [1.29, 1.82) is 0 Å². The number of piperidine rings is 1. The lowest BCUT2D eigenvalue weighted by molar-refractivity contribution is -0.205. The molecule has 7 N–H and O–H groups in total. The van der Waals surface area contributed by atoms with Gasteiger partial charge in [0.05, 0.1) is 43.7 Å². The second-order valence-corrected chi connectivity index (χ2v) is 24.7. The summed E-state index contributed by atoms with van der Waals surface area (Å²) in [5.41, 5.74) is 1.30. The summed E-state index contributed by atoms with van der Waals surface area (Å²) in [5, 5.41) is 36.7. The van der Waals surface area contributed by atoms with Crippen molar-refractivity contribution in [2.75, 3.05) is 51.8 Å². The van der Waals surface area contributed by atoms with Gasteiger partial charge in [0.1, 0.15) is 36.2 Å². The van der Waals surface area contributed by atoms with Crippen LogP contribution < -0.4 is 26.6 Å². The highest BCUT2D eigenvalue weighted by molar-refractivity contribution is 7.99. The number of likely N-dealkylation sites (N-methyl/N-ethyl adjacent to an activating group) is 1. The van der Waals surface area contributed by atoms with E-state index in [2.05, 4.69) is 33.2 Å². The monoisotopic (exact) mass is 1210 g/mol. The predicted octanol–water partition coefficient (Wildman–Crippen LogP) is 5.69. The number of methoxy groups -OCH3 is 1. The van der Waals surface area contributed by atoms with Crippen LogP contribution in [0.5, 0.6) is 0 Å². The van der Waals surface area contributed by atoms with Crippen molar-refractivity contribution in [2.24, 2.45) is 17.8 Å². The molecule has 0 bridgehead atoms. The molecule has 0 aromatic heterocycles. The van der Waals surface area contributed by atoms with E-state index in [1.807, 2.05) is 37.3 Å². The van der Waals surface area contributed by atoms with E-state index in [1.165, 1.54) is 38.5 Å². The van der Waals surface area contributed by atoms with Crippen LogP contribution in [0.15, 0.2) is 42.6 Å². The molecule has 4 rings (SSSR count). The summed E-state index contributed by atoms with van der Waals surface area (Å²) in [6.07, 6.45) is 11.4. The van der Waals surface area contributed by atoms with Gasteiger partial charge in [0, 0.05) is 44.8 Å². The molecule has 1 saturated heterocycles. The van der Waals surface area contributed by atoms with Crippen LogP contribution in [0.2, 0.25) is 0 Å². The fraction of sp³-hybridized carbons (Fsp3) is 0.730. The summed E-state index contributed by atoms with van der Waals surface area (Å²) in [6.45, 7) is 10.9. The standard InChI is InChI=1S/C63H100N6O15S/c1-42(36-48-28-29-52(54(38-48)81-7)83-57(73)31-30-56(72)82-49-25-17-10-8-9-11-18-26-49)53(39-55(71)66-33-32-65-44(3)40-67-60(76)50(68-59(75)46(5)64-6)37-47-23-15-12-16-24-47)84-62(78)51-27-19-20-34-69(51)61(77)58(74)63(79,80)43(2)22-14-13-21-35-85-41-45(4)70/h12,15-16,23-24,42-43,46,48-54,64-65,79-80H,3,8-11,13-14,17-22,25-41H2,1-2,4-7H3,(H,66,71)(H,67,76)(H,68,75)/t42-,43-,46+,48+,50+,51+,52-,53+,54-/m1/s1. The lowest BCUT2D eigenvalue weighted by Crippen LogP contribution is -2.58. The van der Waals surface area contributed by atoms with E-state index in [0.29, 0.717) is 56.4 Å². The van der Waals surface area contributed by atoms with Crippen LogP contribution in [-0.2, 0) is 68.5 Å². The van der Waals surface area contributed by atoms with E-state index in [9.17, 15) is 53.4 Å². The number of nitrogens with one attached hydrogen (secondary N) is 5. The van der Waals surface area contributed by atoms with Crippen LogP contribution >= 0.6 is 11.8 Å². The lowest BCUT2D eigenvalue weighted by Gasteiger charge is -2.38. The Morgan fingerprint density at radius 2 is 1.44 bits per heavy atom. The SMILES string of the molecule is C=C(CNC(=O)[C@H](Cc1ccccc1)NC(=O)[C@H](C)NC)NCCNC(=O)C[C@H](OC(=O)[C@@H]1CCCCN1C(=O)C(=O)C(O)(O)[C@H](C)CCCCCSCC(C)=O)[C@H](C)C[C@@H]1CC[C@@H](OC(=O)CCC(=O)OC2CCCCCCCC2)[C@H](OC)C1. The van der Waals surface area contributed by atoms with Crippen molar-refractivity contribution in [3.05, 3.63) is 48.2 Å². The Kier molecular flexibility index (Phi) is 32.8. The molecule has 3 aliphatic rings. The van der Waals surface area contributed by atoms with E-state index in [0.717, 1.165) is 67.6 Å². The van der Waals surface area contributed by atoms with Gasteiger partial charge >= 0.3 is 17.9 Å². The number of likely N-dealkylation sites (tertiary alicyclic amines) is 1. The zero-order valence-electron chi connectivity index (χ0n) is 51.4. The molecule has 1 aromatic carbocycles. The fourth-order valence-corrected chi connectivity index (χ4v) is 12.0. The third-order valence-corrected chi connectivity index (χ3v) is 17.8. The summed E-state index contributed by atoms with van der Waals surface area (Å²) in [7, 11) is 3.19. The zero-order valence-corrected chi connectivity index (χ0v) is 52.2. The second-order valence-electron chi connectivity index (χ2n) is 23.6. The van der Waals surface area contributed by atoms with Crippen LogP contribution in [0.3, 0.4) is 0 Å². The molecule has 4 amide bonds. The number of rotatable bonds is 36. The number of thioether (sulfide) groups is 1. The van der Waals surface area contributed by atoms with Gasteiger partial charge in [-0.25, -0.2) is 4.79 Å². The molecule has 21 nitrogen and oxygen atoms in total. The van der Waals surface area contributed by atoms with Crippen molar-refractivity contribution in [2.45, 2.75) is 224 Å². The summed E-state index contributed by atoms with van der Waals surface area (Å²) < 4.78 is 23.7. The zero-order chi connectivity index (χ0) is 62.3. The topological polar surface area (TPSA) is 294 Å². The molecule has 0 radical (unpaired) electrons. The molecule has 1 aromatic rings. The summed E-state index contributed by atoms with van der Waals surface area (Å²) in [5.74, 6) is -8.77. The first-order valence-corrected chi connectivity index (χ1v) is 32.3. The maximum Gasteiger partial charge on any atom is 0.329 e. The average Bonchev–Trinajstić information content (AvgIpc) is 3.77. The van der Waals surface area contributed by atoms with Gasteiger partial charge in [-0.3, -0.25) is 38.4 Å². The highest BCUT2D eigenvalue weighted by atomic mass is 32.2. The molecule has 9 atom stereocenters. The third kappa shape index (κ3) is 26.2. The Bertz CT molecular complexity index is 2300. The van der Waals surface area contributed by atoms with Crippen LogP contribution in [0, 0.1) is 17.8 Å². The number of esters is 3. The van der Waals surface area contributed by atoms with Gasteiger partial charge in [-0.1, -0.05) is 89.3 Å². The predicted molar refractivity (Wildman–Crippen MR) is 323 cm³/mol. The Hall–Kier alpha value is -5.42. The summed E-state index contributed by atoms with van der Waals surface area (Å²) in [6, 6.07) is 6.69. The number of ether oxygens (including phenoxy) is 4. The van der Waals surface area contributed by atoms with Crippen molar-refractivity contribution in [3.63, 3.8) is 0 Å². The quantitative estimate of drug-likeness (QED) is 0.0140. The summed E-state index contributed by atoms with van der Waals surface area (Å²) in [4.78, 5) is 120. The molecule has 85 heavy (non-hydrogen) atoms. The molecule has 0 spiro atoms. The number of aliphatic hydroxyl groups is 2. The number of nitrogens with zero attached hydrogens (tertiary/aromatic N) is 1. The van der Waals surface area contributed by atoms with E-state index in [-0.39, 0.29) is 88.4 Å². The van der Waals surface area contributed by atoms with E-state index in [1.54, 1.807) is 21.1 Å². The number of ketones is 2. The van der Waals surface area contributed by atoms with Gasteiger partial charge in [-0.2, -0.15) is 11.8 Å². The van der Waals surface area contributed by atoms with Crippen LogP contribution in [0.25, 0.3) is 0 Å². The van der Waals surface area contributed by atoms with E-state index in [4.69, 9.17) is 18.9 Å². The van der Waals surface area contributed by atoms with Gasteiger partial charge in [-0.05, 0) is 128 Å². The third-order valence-electron chi connectivity index (χ3n) is 16.6. The van der Waals surface area contributed by atoms with Crippen molar-refractivity contribution < 1.29 is 72.3 Å². The Morgan fingerprint density at radius 3 is 2.11 bits per heavy atom. The van der Waals surface area contributed by atoms with Gasteiger partial charge in [-0.15, -0.1) is 0 Å². The smallest absolute Gasteiger partial charge is 0.329 e. The number of unbranched alkanes of at least 4 members (excludes halogenated alkanes) is 2. The molecule has 1 aliphatic heterocycles. The molecule has 0 unspecified atom stereocenters. The van der Waals surface area contributed by atoms with Gasteiger partial charge in [0.15, 0.2) is 0 Å². The van der Waals surface area contributed by atoms with Crippen LogP contribution in [-0.4, -0.2) is 168 Å². The first kappa shape index (κ1) is 72.1. The Labute approximate surface area is 508 Å². The molecule has 478 valence electrons. The number of Topliss-reactive ketones (excluding diaryl/α,β-unsaturated/α-hetero) is 2. The molecule has 2 aliphatic carbocycles. The maximum atomic E-state index is 14.4. The minimum absolute atomic E-state index is 0.00698. The largest absolute Gasteiger partial charge is 0.462 e. The number of hydrogen-bond donors (Lipinski definition) is 7.